The molecule has 2 rings (SSSR count). The maximum absolute atomic E-state index is 12.0. The van der Waals surface area contributed by atoms with Crippen LogP contribution in [0.5, 0.6) is 0 Å². The van der Waals surface area contributed by atoms with E-state index in [-0.39, 0.29) is 18.6 Å². The molecule has 1 aromatic rings. The van der Waals surface area contributed by atoms with Gasteiger partial charge in [0.15, 0.2) is 0 Å². The minimum Gasteiger partial charge on any atom is -0.378 e. The first-order valence-electron chi connectivity index (χ1n) is 7.46. The van der Waals surface area contributed by atoms with Gasteiger partial charge in [0.25, 0.3) is 0 Å². The average Bonchev–Trinajstić information content (AvgIpc) is 2.48. The number of rotatable bonds is 5. The Kier molecular flexibility index (Phi) is 5.59. The Labute approximate surface area is 126 Å². The molecule has 1 aliphatic rings. The van der Waals surface area contributed by atoms with Crippen LogP contribution in [0.3, 0.4) is 0 Å². The van der Waals surface area contributed by atoms with Crippen molar-refractivity contribution in [2.24, 2.45) is 0 Å². The zero-order valence-corrected chi connectivity index (χ0v) is 13.1. The molecule has 116 valence electrons. The molecule has 1 aliphatic heterocycles. The highest BCUT2D eigenvalue weighted by Crippen LogP contribution is 2.21. The van der Waals surface area contributed by atoms with Gasteiger partial charge in [0.1, 0.15) is 6.61 Å². The summed E-state index contributed by atoms with van der Waals surface area (Å²) in [5.74, 6) is -0.0887. The number of hydrogen-bond acceptors (Lipinski definition) is 4. The normalized spacial score (nSPS) is 15.8. The number of aryl methyl sites for hydroxylation is 1. The molecule has 0 aliphatic carbocycles. The zero-order chi connectivity index (χ0) is 15.2. The Balaban J connectivity index is 1.84. The number of benzene rings is 1. The third kappa shape index (κ3) is 4.72. The smallest absolute Gasteiger partial charge is 0.250 e. The van der Waals surface area contributed by atoms with Gasteiger partial charge in [0, 0.05) is 25.5 Å². The van der Waals surface area contributed by atoms with Crippen molar-refractivity contribution in [1.29, 1.82) is 0 Å². The summed E-state index contributed by atoms with van der Waals surface area (Å²) in [5.41, 5.74) is 3.02. The maximum atomic E-state index is 12.0. The first kappa shape index (κ1) is 15.8. The number of anilines is 2. The predicted molar refractivity (Wildman–Crippen MR) is 86.0 cm³/mol. The molecular weight excluding hydrogens is 266 g/mol. The minimum absolute atomic E-state index is 0.0887. The standard InChI is InChI=1S/C16H25N3O2/c1-12-10-13(19(2)3)4-5-15(12)18-16(20)11-21-14-6-8-17-9-7-14/h4-5,10,14,17H,6-9,11H2,1-3H3,(H,18,20). The van der Waals surface area contributed by atoms with Crippen LogP contribution in [0.4, 0.5) is 11.4 Å². The molecule has 5 nitrogen and oxygen atoms in total. The molecule has 0 bridgehead atoms. The highest BCUT2D eigenvalue weighted by molar-refractivity contribution is 5.92. The lowest BCUT2D eigenvalue weighted by Gasteiger charge is -2.22. The quantitative estimate of drug-likeness (QED) is 0.868. The largest absolute Gasteiger partial charge is 0.378 e. The molecule has 0 radical (unpaired) electrons. The minimum atomic E-state index is -0.0887. The lowest BCUT2D eigenvalue weighted by atomic mass is 10.1. The molecule has 0 saturated carbocycles. The van der Waals surface area contributed by atoms with Crippen molar-refractivity contribution in [3.63, 3.8) is 0 Å². The molecule has 1 heterocycles. The van der Waals surface area contributed by atoms with E-state index < -0.39 is 0 Å². The van der Waals surface area contributed by atoms with E-state index in [0.29, 0.717) is 0 Å². The highest BCUT2D eigenvalue weighted by atomic mass is 16.5. The number of piperidine rings is 1. The van der Waals surface area contributed by atoms with Crippen LogP contribution in [-0.2, 0) is 9.53 Å². The molecule has 5 heteroatoms. The molecule has 0 spiro atoms. The monoisotopic (exact) mass is 291 g/mol. The SMILES string of the molecule is Cc1cc(N(C)C)ccc1NC(=O)COC1CCNCC1. The van der Waals surface area contributed by atoms with Gasteiger partial charge in [0.2, 0.25) is 5.91 Å². The summed E-state index contributed by atoms with van der Waals surface area (Å²) < 4.78 is 5.66. The van der Waals surface area contributed by atoms with E-state index in [1.165, 1.54) is 0 Å². The van der Waals surface area contributed by atoms with Crippen molar-refractivity contribution in [3.8, 4) is 0 Å². The summed E-state index contributed by atoms with van der Waals surface area (Å²) in [7, 11) is 4.00. The van der Waals surface area contributed by atoms with E-state index in [4.69, 9.17) is 4.74 Å². The number of carbonyl (C=O) groups excluding carboxylic acids is 1. The van der Waals surface area contributed by atoms with Gasteiger partial charge in [-0.1, -0.05) is 0 Å². The van der Waals surface area contributed by atoms with Crippen molar-refractivity contribution in [2.45, 2.75) is 25.9 Å². The Morgan fingerprint density at radius 1 is 1.38 bits per heavy atom. The van der Waals surface area contributed by atoms with Gasteiger partial charge in [-0.15, -0.1) is 0 Å². The van der Waals surface area contributed by atoms with Gasteiger partial charge in [-0.2, -0.15) is 0 Å². The molecule has 1 saturated heterocycles. The van der Waals surface area contributed by atoms with E-state index in [9.17, 15) is 4.79 Å². The molecule has 0 unspecified atom stereocenters. The number of amides is 1. The van der Waals surface area contributed by atoms with Crippen LogP contribution in [0.2, 0.25) is 0 Å². The summed E-state index contributed by atoms with van der Waals surface area (Å²) >= 11 is 0. The van der Waals surface area contributed by atoms with E-state index in [2.05, 4.69) is 16.7 Å². The zero-order valence-electron chi connectivity index (χ0n) is 13.1. The third-order valence-corrected chi connectivity index (χ3v) is 3.74. The highest BCUT2D eigenvalue weighted by Gasteiger charge is 2.15. The summed E-state index contributed by atoms with van der Waals surface area (Å²) in [6.07, 6.45) is 2.16. The number of carbonyl (C=O) groups is 1. The van der Waals surface area contributed by atoms with Crippen molar-refractivity contribution < 1.29 is 9.53 Å². The number of hydrogen-bond donors (Lipinski definition) is 2. The second-order valence-corrected chi connectivity index (χ2v) is 5.70. The second kappa shape index (κ2) is 7.43. The second-order valence-electron chi connectivity index (χ2n) is 5.70. The van der Waals surface area contributed by atoms with Crippen LogP contribution in [0.15, 0.2) is 18.2 Å². The molecule has 2 N–H and O–H groups in total. The fourth-order valence-corrected chi connectivity index (χ4v) is 2.41. The van der Waals surface area contributed by atoms with Gasteiger partial charge in [-0.3, -0.25) is 4.79 Å². The topological polar surface area (TPSA) is 53.6 Å². The van der Waals surface area contributed by atoms with Crippen molar-refractivity contribution in [1.82, 2.24) is 5.32 Å². The fraction of sp³-hybridized carbons (Fsp3) is 0.562. The van der Waals surface area contributed by atoms with Gasteiger partial charge < -0.3 is 20.3 Å². The maximum Gasteiger partial charge on any atom is 0.250 e. The van der Waals surface area contributed by atoms with Crippen LogP contribution < -0.4 is 15.5 Å². The van der Waals surface area contributed by atoms with Crippen LogP contribution in [0.25, 0.3) is 0 Å². The third-order valence-electron chi connectivity index (χ3n) is 3.74. The van der Waals surface area contributed by atoms with Crippen molar-refractivity contribution in [2.75, 3.05) is 44.0 Å². The van der Waals surface area contributed by atoms with E-state index in [0.717, 1.165) is 42.9 Å². The van der Waals surface area contributed by atoms with Crippen molar-refractivity contribution >= 4 is 17.3 Å². The molecule has 1 amide bonds. The molecule has 21 heavy (non-hydrogen) atoms. The van der Waals surface area contributed by atoms with Gasteiger partial charge >= 0.3 is 0 Å². The fourth-order valence-electron chi connectivity index (χ4n) is 2.41. The van der Waals surface area contributed by atoms with E-state index >= 15 is 0 Å². The summed E-state index contributed by atoms with van der Waals surface area (Å²) in [6, 6.07) is 5.99. The van der Waals surface area contributed by atoms with Crippen LogP contribution >= 0.6 is 0 Å². The summed E-state index contributed by atoms with van der Waals surface area (Å²) in [6.45, 7) is 4.06. The lowest BCUT2D eigenvalue weighted by molar-refractivity contribution is -0.123. The van der Waals surface area contributed by atoms with E-state index in [1.54, 1.807) is 0 Å². The Morgan fingerprint density at radius 2 is 2.10 bits per heavy atom. The molecule has 0 atom stereocenters. The average molecular weight is 291 g/mol. The molecule has 1 fully saturated rings. The van der Waals surface area contributed by atoms with Gasteiger partial charge in [0.05, 0.1) is 6.10 Å². The first-order valence-corrected chi connectivity index (χ1v) is 7.46. The number of nitrogens with one attached hydrogen (secondary N) is 2. The summed E-state index contributed by atoms with van der Waals surface area (Å²) in [5, 5.41) is 6.20. The van der Waals surface area contributed by atoms with Crippen molar-refractivity contribution in [3.05, 3.63) is 23.8 Å². The number of ether oxygens (including phenoxy) is 1. The predicted octanol–water partition coefficient (Wildman–Crippen LogP) is 1.77. The molecule has 0 aromatic heterocycles. The first-order chi connectivity index (χ1) is 10.1. The van der Waals surface area contributed by atoms with Crippen LogP contribution in [-0.4, -0.2) is 45.8 Å². The molecular formula is C16H25N3O2. The lowest BCUT2D eigenvalue weighted by Crippen LogP contribution is -2.34. The summed E-state index contributed by atoms with van der Waals surface area (Å²) in [4.78, 5) is 14.0. The Bertz CT molecular complexity index is 482. The van der Waals surface area contributed by atoms with Gasteiger partial charge in [-0.25, -0.2) is 0 Å². The van der Waals surface area contributed by atoms with Crippen LogP contribution in [0.1, 0.15) is 18.4 Å². The van der Waals surface area contributed by atoms with E-state index in [1.807, 2.05) is 38.1 Å². The van der Waals surface area contributed by atoms with Gasteiger partial charge in [-0.05, 0) is 56.6 Å². The van der Waals surface area contributed by atoms with Crippen LogP contribution in [0, 0.1) is 6.92 Å². The number of nitrogens with zero attached hydrogens (tertiary/aromatic N) is 1. The Morgan fingerprint density at radius 3 is 2.71 bits per heavy atom. The molecule has 1 aromatic carbocycles. The Hall–Kier alpha value is -1.59.